The summed E-state index contributed by atoms with van der Waals surface area (Å²) in [6.07, 6.45) is 54.0. The van der Waals surface area contributed by atoms with Gasteiger partial charge in [-0.2, -0.15) is 0 Å². The highest BCUT2D eigenvalue weighted by Crippen LogP contribution is 2.15. The summed E-state index contributed by atoms with van der Waals surface area (Å²) in [5.74, 6) is -0.894. The van der Waals surface area contributed by atoms with Crippen LogP contribution in [0.4, 0.5) is 0 Å². The first-order valence-corrected chi connectivity index (χ1v) is 25.0. The highest BCUT2D eigenvalue weighted by atomic mass is 16.6. The Labute approximate surface area is 359 Å². The molecule has 6 nitrogen and oxygen atoms in total. The van der Waals surface area contributed by atoms with Gasteiger partial charge in [0.25, 0.3) is 0 Å². The van der Waals surface area contributed by atoms with Crippen LogP contribution in [0.25, 0.3) is 0 Å². The molecule has 0 aromatic heterocycles. The summed E-state index contributed by atoms with van der Waals surface area (Å²) in [6, 6.07) is 0. The van der Waals surface area contributed by atoms with E-state index in [0.29, 0.717) is 19.3 Å². The third-order valence-corrected chi connectivity index (χ3v) is 10.9. The van der Waals surface area contributed by atoms with Gasteiger partial charge in [-0.05, 0) is 77.0 Å². The maximum Gasteiger partial charge on any atom is 0.306 e. The van der Waals surface area contributed by atoms with Crippen LogP contribution in [0.2, 0.25) is 0 Å². The average molecular weight is 815 g/mol. The van der Waals surface area contributed by atoms with Crippen molar-refractivity contribution in [3.63, 3.8) is 0 Å². The van der Waals surface area contributed by atoms with Gasteiger partial charge in [0.1, 0.15) is 13.2 Å². The highest BCUT2D eigenvalue weighted by molar-refractivity contribution is 5.71. The quantitative estimate of drug-likeness (QED) is 0.0264. The Hall–Kier alpha value is -2.37. The molecule has 338 valence electrons. The predicted molar refractivity (Wildman–Crippen MR) is 247 cm³/mol. The van der Waals surface area contributed by atoms with Crippen molar-refractivity contribution in [2.45, 2.75) is 264 Å². The minimum Gasteiger partial charge on any atom is -0.462 e. The molecule has 0 aliphatic carbocycles. The fraction of sp³-hybridized carbons (Fsp3) is 0.827. The molecule has 0 aliphatic rings. The molecule has 0 saturated carbocycles. The van der Waals surface area contributed by atoms with E-state index in [9.17, 15) is 14.4 Å². The van der Waals surface area contributed by atoms with Crippen LogP contribution in [0.1, 0.15) is 258 Å². The zero-order valence-electron chi connectivity index (χ0n) is 38.6. The predicted octanol–water partition coefficient (Wildman–Crippen LogP) is 16.1. The molecule has 0 spiro atoms. The largest absolute Gasteiger partial charge is 0.462 e. The Morgan fingerprint density at radius 3 is 1.02 bits per heavy atom. The lowest BCUT2D eigenvalue weighted by Crippen LogP contribution is -2.30. The molecule has 0 N–H and O–H groups in total. The second-order valence-electron chi connectivity index (χ2n) is 16.7. The van der Waals surface area contributed by atoms with Crippen molar-refractivity contribution in [1.82, 2.24) is 0 Å². The van der Waals surface area contributed by atoms with E-state index in [1.165, 1.54) is 128 Å². The van der Waals surface area contributed by atoms with Crippen LogP contribution >= 0.6 is 0 Å². The normalized spacial score (nSPS) is 12.3. The van der Waals surface area contributed by atoms with E-state index < -0.39 is 6.10 Å². The average Bonchev–Trinajstić information content (AvgIpc) is 3.22. The Morgan fingerprint density at radius 1 is 0.345 bits per heavy atom. The van der Waals surface area contributed by atoms with E-state index in [1.54, 1.807) is 0 Å². The summed E-state index contributed by atoms with van der Waals surface area (Å²) in [7, 11) is 0. The number of unbranched alkanes of at least 4 members (excludes halogenated alkanes) is 28. The molecule has 1 atom stereocenters. The number of hydrogen-bond donors (Lipinski definition) is 0. The van der Waals surface area contributed by atoms with Crippen LogP contribution in [0.3, 0.4) is 0 Å². The maximum absolute atomic E-state index is 12.8. The standard InChI is InChI=1S/C52H94O6/c1-4-7-10-13-16-19-22-25-26-28-30-33-36-39-42-45-51(54)57-48-49(47-56-50(53)44-41-38-35-32-29-24-21-18-15-12-9-6-3)58-52(55)46-43-40-37-34-31-27-23-20-17-14-11-8-5-2/h16,19-20,23,25-26,49H,4-15,17-18,21-22,24,27-48H2,1-3H3/b19-16-,23-20-,26-25-/t49-/m0/s1. The summed E-state index contributed by atoms with van der Waals surface area (Å²) in [6.45, 7) is 6.58. The van der Waals surface area contributed by atoms with Crippen molar-refractivity contribution in [2.24, 2.45) is 0 Å². The summed E-state index contributed by atoms with van der Waals surface area (Å²) >= 11 is 0. The van der Waals surface area contributed by atoms with E-state index in [4.69, 9.17) is 14.2 Å². The van der Waals surface area contributed by atoms with Gasteiger partial charge in [0.05, 0.1) is 0 Å². The summed E-state index contributed by atoms with van der Waals surface area (Å²) in [5, 5.41) is 0. The third kappa shape index (κ3) is 44.7. The Bertz CT molecular complexity index is 984. The van der Waals surface area contributed by atoms with Gasteiger partial charge in [-0.25, -0.2) is 0 Å². The summed E-state index contributed by atoms with van der Waals surface area (Å²) in [4.78, 5) is 37.9. The molecule has 0 fully saturated rings. The van der Waals surface area contributed by atoms with Crippen LogP contribution in [-0.4, -0.2) is 37.2 Å². The topological polar surface area (TPSA) is 78.9 Å². The molecule has 0 bridgehead atoms. The number of hydrogen-bond acceptors (Lipinski definition) is 6. The van der Waals surface area contributed by atoms with Crippen LogP contribution in [0.5, 0.6) is 0 Å². The Balaban J connectivity index is 4.39. The lowest BCUT2D eigenvalue weighted by atomic mass is 10.0. The van der Waals surface area contributed by atoms with Gasteiger partial charge in [0.2, 0.25) is 0 Å². The van der Waals surface area contributed by atoms with E-state index in [0.717, 1.165) is 89.9 Å². The van der Waals surface area contributed by atoms with Crippen molar-refractivity contribution < 1.29 is 28.6 Å². The van der Waals surface area contributed by atoms with E-state index in [-0.39, 0.29) is 31.1 Å². The number of esters is 3. The van der Waals surface area contributed by atoms with Gasteiger partial charge >= 0.3 is 17.9 Å². The molecule has 0 unspecified atom stereocenters. The molecular weight excluding hydrogens is 721 g/mol. The second kappa shape index (κ2) is 47.3. The van der Waals surface area contributed by atoms with E-state index in [2.05, 4.69) is 57.2 Å². The molecular formula is C52H94O6. The zero-order valence-corrected chi connectivity index (χ0v) is 38.6. The first-order chi connectivity index (χ1) is 28.5. The monoisotopic (exact) mass is 815 g/mol. The van der Waals surface area contributed by atoms with Crippen LogP contribution in [-0.2, 0) is 28.6 Å². The number of rotatable bonds is 45. The molecule has 0 amide bonds. The Morgan fingerprint density at radius 2 is 0.621 bits per heavy atom. The van der Waals surface area contributed by atoms with Crippen molar-refractivity contribution in [1.29, 1.82) is 0 Å². The van der Waals surface area contributed by atoms with Crippen LogP contribution in [0, 0.1) is 0 Å². The van der Waals surface area contributed by atoms with Gasteiger partial charge in [0, 0.05) is 19.3 Å². The summed E-state index contributed by atoms with van der Waals surface area (Å²) in [5.41, 5.74) is 0. The van der Waals surface area contributed by atoms with Gasteiger partial charge in [0.15, 0.2) is 6.10 Å². The molecule has 0 heterocycles. The maximum atomic E-state index is 12.8. The second-order valence-corrected chi connectivity index (χ2v) is 16.7. The number of ether oxygens (including phenoxy) is 3. The van der Waals surface area contributed by atoms with Gasteiger partial charge in [-0.1, -0.05) is 198 Å². The third-order valence-electron chi connectivity index (χ3n) is 10.9. The minimum absolute atomic E-state index is 0.0775. The smallest absolute Gasteiger partial charge is 0.306 e. The van der Waals surface area contributed by atoms with Crippen molar-refractivity contribution >= 4 is 17.9 Å². The van der Waals surface area contributed by atoms with Crippen LogP contribution in [0.15, 0.2) is 36.5 Å². The van der Waals surface area contributed by atoms with Crippen LogP contribution < -0.4 is 0 Å². The fourth-order valence-corrected chi connectivity index (χ4v) is 7.05. The molecule has 6 heteroatoms. The number of carbonyl (C=O) groups is 3. The number of allylic oxidation sites excluding steroid dienone is 6. The molecule has 0 aromatic rings. The van der Waals surface area contributed by atoms with Gasteiger partial charge in [-0.15, -0.1) is 0 Å². The fourth-order valence-electron chi connectivity index (χ4n) is 7.05. The first-order valence-electron chi connectivity index (χ1n) is 25.0. The molecule has 0 aromatic carbocycles. The molecule has 0 rings (SSSR count). The van der Waals surface area contributed by atoms with Gasteiger partial charge in [-0.3, -0.25) is 14.4 Å². The Kier molecular flexibility index (Phi) is 45.4. The summed E-state index contributed by atoms with van der Waals surface area (Å²) < 4.78 is 16.8. The zero-order chi connectivity index (χ0) is 42.3. The van der Waals surface area contributed by atoms with Crippen molar-refractivity contribution in [3.8, 4) is 0 Å². The SMILES string of the molecule is CCCCC/C=C\C/C=C\CCCCCCCC(=O)OC[C@H](COC(=O)CCCCCCCCCCCCCC)OC(=O)CCCCCCC/C=C\CCCCCC. The van der Waals surface area contributed by atoms with Crippen molar-refractivity contribution in [3.05, 3.63) is 36.5 Å². The lowest BCUT2D eigenvalue weighted by Gasteiger charge is -2.18. The van der Waals surface area contributed by atoms with Crippen molar-refractivity contribution in [2.75, 3.05) is 13.2 Å². The molecule has 0 radical (unpaired) electrons. The molecule has 0 saturated heterocycles. The van der Waals surface area contributed by atoms with E-state index in [1.807, 2.05) is 0 Å². The minimum atomic E-state index is -0.777. The molecule has 58 heavy (non-hydrogen) atoms. The highest BCUT2D eigenvalue weighted by Gasteiger charge is 2.19. The molecule has 0 aliphatic heterocycles. The number of carbonyl (C=O) groups excluding carboxylic acids is 3. The first kappa shape index (κ1) is 55.6. The van der Waals surface area contributed by atoms with E-state index >= 15 is 0 Å². The van der Waals surface area contributed by atoms with Gasteiger partial charge < -0.3 is 14.2 Å². The lowest BCUT2D eigenvalue weighted by molar-refractivity contribution is -0.167.